The molecule has 0 spiro atoms. The van der Waals surface area contributed by atoms with E-state index in [2.05, 4.69) is 11.4 Å². The fourth-order valence-corrected chi connectivity index (χ4v) is 1.52. The lowest BCUT2D eigenvalue weighted by Crippen LogP contribution is -1.99. The number of furan rings is 1. The van der Waals surface area contributed by atoms with Crippen molar-refractivity contribution in [3.05, 3.63) is 53.5 Å². The Morgan fingerprint density at radius 1 is 1.18 bits per heavy atom. The second-order valence-corrected chi connectivity index (χ2v) is 3.54. The average Bonchev–Trinajstić information content (AvgIpc) is 2.84. The van der Waals surface area contributed by atoms with Crippen LogP contribution in [0.1, 0.15) is 17.1 Å². The first-order valence-corrected chi connectivity index (χ1v) is 5.25. The Kier molecular flexibility index (Phi) is 3.43. The summed E-state index contributed by atoms with van der Waals surface area (Å²) in [6.07, 6.45) is 0. The van der Waals surface area contributed by atoms with E-state index in [1.807, 2.05) is 18.2 Å². The van der Waals surface area contributed by atoms with E-state index in [1.165, 1.54) is 0 Å². The number of para-hydroxylation sites is 1. The van der Waals surface area contributed by atoms with Gasteiger partial charge in [-0.2, -0.15) is 5.26 Å². The van der Waals surface area contributed by atoms with Gasteiger partial charge >= 0.3 is 0 Å². The van der Waals surface area contributed by atoms with Crippen molar-refractivity contribution >= 4 is 5.69 Å². The van der Waals surface area contributed by atoms with Crippen LogP contribution in [0.2, 0.25) is 0 Å². The van der Waals surface area contributed by atoms with Crippen LogP contribution in [0.5, 0.6) is 0 Å². The van der Waals surface area contributed by atoms with E-state index in [4.69, 9.17) is 14.8 Å². The van der Waals surface area contributed by atoms with Crippen LogP contribution in [-0.2, 0) is 13.2 Å². The van der Waals surface area contributed by atoms with Gasteiger partial charge in [0.25, 0.3) is 0 Å². The highest BCUT2D eigenvalue weighted by molar-refractivity contribution is 5.57. The van der Waals surface area contributed by atoms with Crippen LogP contribution in [0, 0.1) is 11.3 Å². The van der Waals surface area contributed by atoms with Crippen molar-refractivity contribution in [2.75, 3.05) is 5.32 Å². The molecule has 0 radical (unpaired) electrons. The number of nitrogens with zero attached hydrogens (tertiary/aromatic N) is 1. The second kappa shape index (κ2) is 5.19. The third-order valence-corrected chi connectivity index (χ3v) is 2.37. The maximum Gasteiger partial charge on any atom is 0.129 e. The van der Waals surface area contributed by atoms with Crippen LogP contribution < -0.4 is 5.32 Å². The van der Waals surface area contributed by atoms with Crippen LogP contribution in [-0.4, -0.2) is 5.11 Å². The minimum atomic E-state index is -0.102. The standard InChI is InChI=1S/C13H12N2O2/c14-7-10-3-1-2-4-13(10)15-8-11-5-6-12(9-16)17-11/h1-6,15-16H,8-9H2. The van der Waals surface area contributed by atoms with Crippen molar-refractivity contribution in [2.45, 2.75) is 13.2 Å². The number of aliphatic hydroxyl groups is 1. The molecule has 86 valence electrons. The van der Waals surface area contributed by atoms with Crippen molar-refractivity contribution in [1.82, 2.24) is 0 Å². The zero-order chi connectivity index (χ0) is 12.1. The molecule has 0 aliphatic rings. The predicted octanol–water partition coefficient (Wildman–Crippen LogP) is 2.26. The summed E-state index contributed by atoms with van der Waals surface area (Å²) in [5.74, 6) is 1.26. The zero-order valence-corrected chi connectivity index (χ0v) is 9.18. The molecule has 2 rings (SSSR count). The van der Waals surface area contributed by atoms with Gasteiger partial charge in [0.15, 0.2) is 0 Å². The van der Waals surface area contributed by atoms with Crippen molar-refractivity contribution in [1.29, 1.82) is 5.26 Å². The van der Waals surface area contributed by atoms with Gasteiger partial charge in [-0.25, -0.2) is 0 Å². The van der Waals surface area contributed by atoms with Gasteiger partial charge in [-0.05, 0) is 24.3 Å². The lowest BCUT2D eigenvalue weighted by Gasteiger charge is -2.05. The predicted molar refractivity (Wildman–Crippen MR) is 63.1 cm³/mol. The summed E-state index contributed by atoms with van der Waals surface area (Å²) in [5.41, 5.74) is 1.37. The van der Waals surface area contributed by atoms with Gasteiger partial charge in [0, 0.05) is 0 Å². The maximum absolute atomic E-state index is 8.91. The van der Waals surface area contributed by atoms with Crippen molar-refractivity contribution in [2.24, 2.45) is 0 Å². The summed E-state index contributed by atoms with van der Waals surface area (Å²) in [4.78, 5) is 0. The fraction of sp³-hybridized carbons (Fsp3) is 0.154. The van der Waals surface area contributed by atoms with Crippen molar-refractivity contribution < 1.29 is 9.52 Å². The van der Waals surface area contributed by atoms with Gasteiger partial charge in [0.1, 0.15) is 24.2 Å². The molecule has 0 unspecified atom stereocenters. The first-order chi connectivity index (χ1) is 8.33. The summed E-state index contributed by atoms with van der Waals surface area (Å²) < 4.78 is 5.33. The van der Waals surface area contributed by atoms with Gasteiger partial charge < -0.3 is 14.8 Å². The number of aliphatic hydroxyl groups excluding tert-OH is 1. The summed E-state index contributed by atoms with van der Waals surface area (Å²) >= 11 is 0. The molecule has 1 heterocycles. The molecular weight excluding hydrogens is 216 g/mol. The van der Waals surface area contributed by atoms with Gasteiger partial charge in [-0.3, -0.25) is 0 Å². The molecule has 2 N–H and O–H groups in total. The number of nitriles is 1. The minimum absolute atomic E-state index is 0.102. The highest BCUT2D eigenvalue weighted by atomic mass is 16.4. The first kappa shape index (κ1) is 11.2. The topological polar surface area (TPSA) is 69.2 Å². The monoisotopic (exact) mass is 228 g/mol. The van der Waals surface area contributed by atoms with Crippen molar-refractivity contribution in [3.63, 3.8) is 0 Å². The van der Waals surface area contributed by atoms with E-state index in [0.29, 0.717) is 17.9 Å². The Labute approximate surface area is 99.1 Å². The largest absolute Gasteiger partial charge is 0.462 e. The first-order valence-electron chi connectivity index (χ1n) is 5.25. The minimum Gasteiger partial charge on any atom is -0.462 e. The highest BCUT2D eigenvalue weighted by Crippen LogP contribution is 2.15. The van der Waals surface area contributed by atoms with Gasteiger partial charge in [0.05, 0.1) is 17.8 Å². The van der Waals surface area contributed by atoms with Crippen LogP contribution >= 0.6 is 0 Å². The molecule has 0 saturated heterocycles. The van der Waals surface area contributed by atoms with E-state index in [9.17, 15) is 0 Å². The molecule has 1 aromatic heterocycles. The maximum atomic E-state index is 8.91. The summed E-state index contributed by atoms with van der Waals surface area (Å²) in [5, 5.41) is 20.9. The molecule has 0 fully saturated rings. The SMILES string of the molecule is N#Cc1ccccc1NCc1ccc(CO)o1. The van der Waals surface area contributed by atoms with Crippen LogP contribution in [0.3, 0.4) is 0 Å². The molecule has 17 heavy (non-hydrogen) atoms. The molecule has 1 aromatic carbocycles. The van der Waals surface area contributed by atoms with Crippen LogP contribution in [0.15, 0.2) is 40.8 Å². The molecule has 0 saturated carbocycles. The molecule has 4 nitrogen and oxygen atoms in total. The number of nitrogens with one attached hydrogen (secondary N) is 1. The molecule has 0 aliphatic carbocycles. The third kappa shape index (κ3) is 2.65. The normalized spacial score (nSPS) is 9.88. The van der Waals surface area contributed by atoms with Gasteiger partial charge in [-0.15, -0.1) is 0 Å². The van der Waals surface area contributed by atoms with E-state index < -0.39 is 0 Å². The Morgan fingerprint density at radius 2 is 1.94 bits per heavy atom. The van der Waals surface area contributed by atoms with Crippen LogP contribution in [0.25, 0.3) is 0 Å². The molecule has 0 bridgehead atoms. The van der Waals surface area contributed by atoms with Gasteiger partial charge in [0.2, 0.25) is 0 Å². The van der Waals surface area contributed by atoms with Gasteiger partial charge in [-0.1, -0.05) is 12.1 Å². The average molecular weight is 228 g/mol. The Morgan fingerprint density at radius 3 is 2.65 bits per heavy atom. The zero-order valence-electron chi connectivity index (χ0n) is 9.18. The summed E-state index contributed by atoms with van der Waals surface area (Å²) in [6, 6.07) is 12.9. The molecule has 0 amide bonds. The number of hydrogen-bond acceptors (Lipinski definition) is 4. The number of rotatable bonds is 4. The second-order valence-electron chi connectivity index (χ2n) is 3.54. The molecular formula is C13H12N2O2. The fourth-order valence-electron chi connectivity index (χ4n) is 1.52. The Hall–Kier alpha value is -2.25. The summed E-state index contributed by atoms with van der Waals surface area (Å²) in [6.45, 7) is 0.382. The molecule has 0 atom stereocenters. The lowest BCUT2D eigenvalue weighted by atomic mass is 10.2. The van der Waals surface area contributed by atoms with Crippen molar-refractivity contribution in [3.8, 4) is 6.07 Å². The highest BCUT2D eigenvalue weighted by Gasteiger charge is 2.03. The summed E-state index contributed by atoms with van der Waals surface area (Å²) in [7, 11) is 0. The van der Waals surface area contributed by atoms with E-state index in [-0.39, 0.29) is 6.61 Å². The van der Waals surface area contributed by atoms with E-state index in [0.717, 1.165) is 11.4 Å². The van der Waals surface area contributed by atoms with E-state index >= 15 is 0 Å². The molecule has 4 heteroatoms. The third-order valence-electron chi connectivity index (χ3n) is 2.37. The number of hydrogen-bond donors (Lipinski definition) is 2. The lowest BCUT2D eigenvalue weighted by molar-refractivity contribution is 0.244. The smallest absolute Gasteiger partial charge is 0.129 e. The number of anilines is 1. The quantitative estimate of drug-likeness (QED) is 0.842. The molecule has 0 aliphatic heterocycles. The van der Waals surface area contributed by atoms with E-state index in [1.54, 1.807) is 18.2 Å². The Balaban J connectivity index is 2.05. The van der Waals surface area contributed by atoms with Crippen LogP contribution in [0.4, 0.5) is 5.69 Å². The molecule has 2 aromatic rings. The Bertz CT molecular complexity index is 540. The number of benzene rings is 1.